The van der Waals surface area contributed by atoms with Crippen molar-refractivity contribution in [2.45, 2.75) is 31.9 Å². The lowest BCUT2D eigenvalue weighted by Gasteiger charge is -2.17. The molecule has 0 aromatic carbocycles. The molecule has 0 aromatic heterocycles. The first-order valence-electron chi connectivity index (χ1n) is 4.58. The summed E-state index contributed by atoms with van der Waals surface area (Å²) in [4.78, 5) is 11.1. The number of alkyl halides is 3. The first-order chi connectivity index (χ1) is 7.51. The Bertz CT molecular complexity index is 360. The Kier molecular flexibility index (Phi) is 5.40. The lowest BCUT2D eigenvalue weighted by Crippen LogP contribution is -2.35. The van der Waals surface area contributed by atoms with Crippen LogP contribution in [-0.2, 0) is 23.8 Å². The van der Waals surface area contributed by atoms with Crippen molar-refractivity contribution >= 4 is 16.1 Å². The number of ether oxygens (including phenoxy) is 1. The van der Waals surface area contributed by atoms with E-state index >= 15 is 0 Å². The lowest BCUT2D eigenvalue weighted by molar-refractivity contribution is -0.150. The monoisotopic (exact) mass is 278 g/mol. The SMILES string of the molecule is COC(=O)[C@@H](CC(C)C)OS(=O)(=O)C(F)(F)F. The maximum atomic E-state index is 12.0. The van der Waals surface area contributed by atoms with Crippen molar-refractivity contribution in [2.75, 3.05) is 7.11 Å². The molecule has 0 amide bonds. The first kappa shape index (κ1) is 16.2. The van der Waals surface area contributed by atoms with Crippen molar-refractivity contribution in [2.24, 2.45) is 5.92 Å². The van der Waals surface area contributed by atoms with Crippen LogP contribution in [0, 0.1) is 5.92 Å². The van der Waals surface area contributed by atoms with E-state index in [1.807, 2.05) is 0 Å². The fourth-order valence-electron chi connectivity index (χ4n) is 0.942. The summed E-state index contributed by atoms with van der Waals surface area (Å²) in [6.45, 7) is 3.19. The van der Waals surface area contributed by atoms with E-state index < -0.39 is 27.7 Å². The molecule has 0 aliphatic heterocycles. The number of hydrogen-bond donors (Lipinski definition) is 0. The zero-order chi connectivity index (χ0) is 13.9. The molecule has 5 nitrogen and oxygen atoms in total. The van der Waals surface area contributed by atoms with Crippen LogP contribution in [0.4, 0.5) is 13.2 Å². The molecule has 1 atom stereocenters. The van der Waals surface area contributed by atoms with Crippen molar-refractivity contribution in [3.8, 4) is 0 Å². The lowest BCUT2D eigenvalue weighted by atomic mass is 10.1. The summed E-state index contributed by atoms with van der Waals surface area (Å²) < 4.78 is 65.5. The van der Waals surface area contributed by atoms with Crippen LogP contribution in [0.2, 0.25) is 0 Å². The summed E-state index contributed by atoms with van der Waals surface area (Å²) in [5.74, 6) is -1.39. The fourth-order valence-corrected chi connectivity index (χ4v) is 1.51. The van der Waals surface area contributed by atoms with Crippen molar-refractivity contribution in [3.05, 3.63) is 0 Å². The van der Waals surface area contributed by atoms with Crippen LogP contribution in [0.5, 0.6) is 0 Å². The highest BCUT2D eigenvalue weighted by Crippen LogP contribution is 2.27. The smallest absolute Gasteiger partial charge is 0.467 e. The van der Waals surface area contributed by atoms with Gasteiger partial charge in [-0.25, -0.2) is 8.98 Å². The standard InChI is InChI=1S/C8H13F3O5S/c1-5(2)4-6(7(12)15-3)16-17(13,14)8(9,10)11/h5-6H,4H2,1-3H3/t6-/m1/s1. The third-order valence-electron chi connectivity index (χ3n) is 1.68. The molecule has 9 heteroatoms. The van der Waals surface area contributed by atoms with Gasteiger partial charge in [0.1, 0.15) is 0 Å². The third-order valence-corrected chi connectivity index (χ3v) is 2.73. The van der Waals surface area contributed by atoms with Gasteiger partial charge >= 0.3 is 21.6 Å². The maximum absolute atomic E-state index is 12.0. The molecule has 0 N–H and O–H groups in total. The second kappa shape index (κ2) is 5.67. The van der Waals surface area contributed by atoms with Crippen LogP contribution in [0.15, 0.2) is 0 Å². The van der Waals surface area contributed by atoms with E-state index in [-0.39, 0.29) is 12.3 Å². The van der Waals surface area contributed by atoms with Crippen LogP contribution in [0.1, 0.15) is 20.3 Å². The Balaban J connectivity index is 4.94. The topological polar surface area (TPSA) is 69.7 Å². The van der Waals surface area contributed by atoms with Gasteiger partial charge in [0.05, 0.1) is 7.11 Å². The van der Waals surface area contributed by atoms with E-state index in [2.05, 4.69) is 8.92 Å². The summed E-state index contributed by atoms with van der Waals surface area (Å²) in [5.41, 5.74) is -5.56. The number of methoxy groups -OCH3 is 1. The van der Waals surface area contributed by atoms with Crippen LogP contribution in [0.25, 0.3) is 0 Å². The Morgan fingerprint density at radius 2 is 1.76 bits per heavy atom. The number of halogens is 3. The van der Waals surface area contributed by atoms with E-state index in [1.54, 1.807) is 13.8 Å². The van der Waals surface area contributed by atoms with Gasteiger partial charge in [0.2, 0.25) is 0 Å². The van der Waals surface area contributed by atoms with Crippen molar-refractivity contribution in [1.29, 1.82) is 0 Å². The molecular weight excluding hydrogens is 265 g/mol. The summed E-state index contributed by atoms with van der Waals surface area (Å²) in [5, 5.41) is 0. The van der Waals surface area contributed by atoms with E-state index in [4.69, 9.17) is 0 Å². The number of carbonyl (C=O) groups excluding carboxylic acids is 1. The minimum atomic E-state index is -5.80. The van der Waals surface area contributed by atoms with Gasteiger partial charge in [-0.1, -0.05) is 13.8 Å². The van der Waals surface area contributed by atoms with Crippen molar-refractivity contribution < 1.29 is 35.3 Å². The quantitative estimate of drug-likeness (QED) is 0.432. The van der Waals surface area contributed by atoms with E-state index in [0.717, 1.165) is 7.11 Å². The number of esters is 1. The van der Waals surface area contributed by atoms with Gasteiger partial charge in [-0.05, 0) is 12.3 Å². The van der Waals surface area contributed by atoms with Crippen LogP contribution >= 0.6 is 0 Å². The van der Waals surface area contributed by atoms with Gasteiger partial charge in [-0.15, -0.1) is 0 Å². The molecule has 0 bridgehead atoms. The van der Waals surface area contributed by atoms with Crippen LogP contribution < -0.4 is 0 Å². The summed E-state index contributed by atoms with van der Waals surface area (Å²) in [7, 11) is -4.87. The zero-order valence-electron chi connectivity index (χ0n) is 9.45. The Hall–Kier alpha value is -0.830. The van der Waals surface area contributed by atoms with Gasteiger partial charge in [0, 0.05) is 0 Å². The summed E-state index contributed by atoms with van der Waals surface area (Å²) >= 11 is 0. The average Bonchev–Trinajstić information content (AvgIpc) is 2.12. The van der Waals surface area contributed by atoms with Gasteiger partial charge in [-0.2, -0.15) is 21.6 Å². The Morgan fingerprint density at radius 1 is 1.29 bits per heavy atom. The molecule has 0 saturated carbocycles. The normalized spacial score (nSPS) is 14.8. The van der Waals surface area contributed by atoms with E-state index in [0.29, 0.717) is 0 Å². The van der Waals surface area contributed by atoms with Crippen molar-refractivity contribution in [3.63, 3.8) is 0 Å². The molecule has 0 heterocycles. The van der Waals surface area contributed by atoms with E-state index in [9.17, 15) is 26.4 Å². The highest BCUT2D eigenvalue weighted by atomic mass is 32.2. The maximum Gasteiger partial charge on any atom is 0.523 e. The zero-order valence-corrected chi connectivity index (χ0v) is 10.3. The minimum Gasteiger partial charge on any atom is -0.467 e. The summed E-state index contributed by atoms with van der Waals surface area (Å²) in [6, 6.07) is 0. The molecule has 0 rings (SSSR count). The second-order valence-corrected chi connectivity index (χ2v) is 5.20. The van der Waals surface area contributed by atoms with Gasteiger partial charge in [-0.3, -0.25) is 0 Å². The highest BCUT2D eigenvalue weighted by molar-refractivity contribution is 7.87. The molecule has 0 radical (unpaired) electrons. The first-order valence-corrected chi connectivity index (χ1v) is 5.99. The van der Waals surface area contributed by atoms with Crippen LogP contribution in [-0.4, -0.2) is 33.1 Å². The largest absolute Gasteiger partial charge is 0.523 e. The molecule has 0 saturated heterocycles. The molecule has 102 valence electrons. The highest BCUT2D eigenvalue weighted by Gasteiger charge is 2.49. The Labute approximate surface area is 97.0 Å². The second-order valence-electron chi connectivity index (χ2n) is 3.64. The molecule has 0 fully saturated rings. The average molecular weight is 278 g/mol. The molecule has 0 unspecified atom stereocenters. The molecule has 0 spiro atoms. The fraction of sp³-hybridized carbons (Fsp3) is 0.875. The van der Waals surface area contributed by atoms with Crippen molar-refractivity contribution in [1.82, 2.24) is 0 Å². The molecule has 0 aliphatic rings. The minimum absolute atomic E-state index is 0.192. The van der Waals surface area contributed by atoms with Crippen LogP contribution in [0.3, 0.4) is 0 Å². The number of hydrogen-bond acceptors (Lipinski definition) is 5. The summed E-state index contributed by atoms with van der Waals surface area (Å²) in [6.07, 6.45) is -1.98. The van der Waals surface area contributed by atoms with E-state index in [1.165, 1.54) is 0 Å². The number of rotatable bonds is 5. The third kappa shape index (κ3) is 4.90. The molecule has 0 aliphatic carbocycles. The van der Waals surface area contributed by atoms with Gasteiger partial charge in [0.15, 0.2) is 6.10 Å². The Morgan fingerprint density at radius 3 is 2.06 bits per heavy atom. The molecular formula is C8H13F3O5S. The number of carbonyl (C=O) groups is 1. The molecule has 17 heavy (non-hydrogen) atoms. The van der Waals surface area contributed by atoms with Gasteiger partial charge in [0.25, 0.3) is 0 Å². The van der Waals surface area contributed by atoms with Gasteiger partial charge < -0.3 is 4.74 Å². The predicted molar refractivity (Wildman–Crippen MR) is 51.3 cm³/mol. The molecule has 0 aromatic rings. The predicted octanol–water partition coefficient (Wildman–Crippen LogP) is 1.44.